The predicted molar refractivity (Wildman–Crippen MR) is 52.7 cm³/mol. The van der Waals surface area contributed by atoms with E-state index in [0.717, 1.165) is 32.5 Å². The molecule has 0 aromatic rings. The third-order valence-corrected chi connectivity index (χ3v) is 2.68. The van der Waals surface area contributed by atoms with Crippen LogP contribution in [0.4, 0.5) is 0 Å². The summed E-state index contributed by atoms with van der Waals surface area (Å²) in [5, 5.41) is 13.0. The van der Waals surface area contributed by atoms with Gasteiger partial charge in [0.15, 0.2) is 0 Å². The molecule has 1 rings (SSSR count). The van der Waals surface area contributed by atoms with Crippen LogP contribution in [0.15, 0.2) is 0 Å². The maximum Gasteiger partial charge on any atom is 0.0771 e. The Labute approximate surface area is 80.5 Å². The molecule has 3 nitrogen and oxygen atoms in total. The van der Waals surface area contributed by atoms with Gasteiger partial charge in [0.25, 0.3) is 0 Å². The molecule has 1 aliphatic rings. The summed E-state index contributed by atoms with van der Waals surface area (Å²) < 4.78 is 5.02. The maximum absolute atomic E-state index is 9.76. The summed E-state index contributed by atoms with van der Waals surface area (Å²) in [5.74, 6) is 0.522. The summed E-state index contributed by atoms with van der Waals surface area (Å²) in [6, 6.07) is 0. The minimum absolute atomic E-state index is 0.396. The van der Waals surface area contributed by atoms with E-state index in [9.17, 15) is 5.11 Å². The van der Waals surface area contributed by atoms with Gasteiger partial charge in [-0.05, 0) is 25.2 Å². The molecule has 0 radical (unpaired) electrons. The van der Waals surface area contributed by atoms with Gasteiger partial charge in [-0.25, -0.2) is 0 Å². The fourth-order valence-corrected chi connectivity index (χ4v) is 1.66. The van der Waals surface area contributed by atoms with Crippen molar-refractivity contribution in [3.63, 3.8) is 0 Å². The predicted octanol–water partition coefficient (Wildman–Crippen LogP) is 0.773. The Hall–Kier alpha value is -0.120. The lowest BCUT2D eigenvalue weighted by Crippen LogP contribution is -2.47. The molecule has 1 aliphatic carbocycles. The van der Waals surface area contributed by atoms with Crippen LogP contribution in [-0.4, -0.2) is 37.5 Å². The van der Waals surface area contributed by atoms with E-state index in [1.165, 1.54) is 6.42 Å². The number of nitrogens with one attached hydrogen (secondary N) is 1. The van der Waals surface area contributed by atoms with E-state index in [0.29, 0.717) is 5.92 Å². The summed E-state index contributed by atoms with van der Waals surface area (Å²) in [4.78, 5) is 0. The van der Waals surface area contributed by atoms with Crippen LogP contribution in [0, 0.1) is 5.92 Å². The van der Waals surface area contributed by atoms with Crippen LogP contribution in [0.2, 0.25) is 0 Å². The first kappa shape index (κ1) is 11.0. The van der Waals surface area contributed by atoms with E-state index in [-0.39, 0.29) is 0 Å². The zero-order valence-electron chi connectivity index (χ0n) is 8.68. The number of hydrogen-bond donors (Lipinski definition) is 2. The molecule has 0 saturated heterocycles. The second-order valence-electron chi connectivity index (χ2n) is 4.27. The minimum atomic E-state index is -0.396. The first-order chi connectivity index (χ1) is 6.16. The number of methoxy groups -OCH3 is 1. The normalized spacial score (nSPS) is 22.4. The summed E-state index contributed by atoms with van der Waals surface area (Å²) >= 11 is 0. The molecule has 78 valence electrons. The third-order valence-electron chi connectivity index (χ3n) is 2.68. The first-order valence-corrected chi connectivity index (χ1v) is 5.08. The average molecular weight is 187 g/mol. The van der Waals surface area contributed by atoms with Gasteiger partial charge in [0.2, 0.25) is 0 Å². The summed E-state index contributed by atoms with van der Waals surface area (Å²) in [6.07, 6.45) is 3.09. The largest absolute Gasteiger partial charge is 0.389 e. The highest BCUT2D eigenvalue weighted by molar-refractivity contribution is 4.89. The third kappa shape index (κ3) is 3.63. The van der Waals surface area contributed by atoms with Crippen LogP contribution in [0.3, 0.4) is 0 Å². The van der Waals surface area contributed by atoms with Crippen LogP contribution in [-0.2, 0) is 4.74 Å². The molecule has 0 bridgehead atoms. The van der Waals surface area contributed by atoms with Crippen molar-refractivity contribution in [3.05, 3.63) is 0 Å². The fourth-order valence-electron chi connectivity index (χ4n) is 1.66. The van der Waals surface area contributed by atoms with Gasteiger partial charge in [0.05, 0.1) is 5.60 Å². The van der Waals surface area contributed by atoms with Gasteiger partial charge in [0.1, 0.15) is 0 Å². The Bertz CT molecular complexity index is 146. The van der Waals surface area contributed by atoms with E-state index in [4.69, 9.17) is 4.74 Å². The fraction of sp³-hybridized carbons (Fsp3) is 1.00. The molecule has 0 aromatic carbocycles. The minimum Gasteiger partial charge on any atom is -0.389 e. The number of rotatable bonds is 6. The van der Waals surface area contributed by atoms with E-state index in [2.05, 4.69) is 12.2 Å². The van der Waals surface area contributed by atoms with Crippen LogP contribution in [0.25, 0.3) is 0 Å². The van der Waals surface area contributed by atoms with Gasteiger partial charge in [0, 0.05) is 26.8 Å². The van der Waals surface area contributed by atoms with Gasteiger partial charge < -0.3 is 15.2 Å². The molecule has 0 aromatic heterocycles. The van der Waals surface area contributed by atoms with Crippen LogP contribution in [0.1, 0.15) is 26.2 Å². The standard InChI is InChI=1S/C10H21NO2/c1-9(7-13-2)6-11-8-10(12)4-3-5-10/h9,11-12H,3-8H2,1-2H3. The van der Waals surface area contributed by atoms with Crippen molar-refractivity contribution >= 4 is 0 Å². The smallest absolute Gasteiger partial charge is 0.0771 e. The highest BCUT2D eigenvalue weighted by Crippen LogP contribution is 2.30. The molecule has 2 N–H and O–H groups in total. The second kappa shape index (κ2) is 4.94. The molecule has 0 amide bonds. The lowest BCUT2D eigenvalue weighted by molar-refractivity contribution is -0.0320. The van der Waals surface area contributed by atoms with Crippen molar-refractivity contribution in [2.24, 2.45) is 5.92 Å². The lowest BCUT2D eigenvalue weighted by atomic mass is 9.80. The van der Waals surface area contributed by atoms with E-state index in [1.54, 1.807) is 7.11 Å². The number of ether oxygens (including phenoxy) is 1. The SMILES string of the molecule is COCC(C)CNCC1(O)CCC1. The van der Waals surface area contributed by atoms with Crippen molar-refractivity contribution < 1.29 is 9.84 Å². The van der Waals surface area contributed by atoms with E-state index in [1.807, 2.05) is 0 Å². The van der Waals surface area contributed by atoms with Gasteiger partial charge in [-0.2, -0.15) is 0 Å². The topological polar surface area (TPSA) is 41.5 Å². The van der Waals surface area contributed by atoms with Crippen molar-refractivity contribution in [1.29, 1.82) is 0 Å². The Morgan fingerprint density at radius 2 is 2.23 bits per heavy atom. The summed E-state index contributed by atoms with van der Waals surface area (Å²) in [5.41, 5.74) is -0.396. The molecule has 0 spiro atoms. The highest BCUT2D eigenvalue weighted by Gasteiger charge is 2.33. The van der Waals surface area contributed by atoms with E-state index < -0.39 is 5.60 Å². The van der Waals surface area contributed by atoms with Crippen molar-refractivity contribution in [2.45, 2.75) is 31.8 Å². The van der Waals surface area contributed by atoms with E-state index >= 15 is 0 Å². The van der Waals surface area contributed by atoms with Crippen LogP contribution < -0.4 is 5.32 Å². The Balaban J connectivity index is 1.99. The highest BCUT2D eigenvalue weighted by atomic mass is 16.5. The molecule has 1 saturated carbocycles. The van der Waals surface area contributed by atoms with Crippen molar-refractivity contribution in [2.75, 3.05) is 26.8 Å². The molecular weight excluding hydrogens is 166 g/mol. The van der Waals surface area contributed by atoms with Crippen LogP contribution in [0.5, 0.6) is 0 Å². The van der Waals surface area contributed by atoms with Gasteiger partial charge in [-0.15, -0.1) is 0 Å². The second-order valence-corrected chi connectivity index (χ2v) is 4.27. The van der Waals surface area contributed by atoms with Gasteiger partial charge in [-0.3, -0.25) is 0 Å². The maximum atomic E-state index is 9.76. The van der Waals surface area contributed by atoms with Gasteiger partial charge >= 0.3 is 0 Å². The quantitative estimate of drug-likeness (QED) is 0.645. The first-order valence-electron chi connectivity index (χ1n) is 5.08. The monoisotopic (exact) mass is 187 g/mol. The van der Waals surface area contributed by atoms with Crippen molar-refractivity contribution in [3.8, 4) is 0 Å². The molecule has 1 atom stereocenters. The zero-order chi connectivity index (χ0) is 9.73. The lowest BCUT2D eigenvalue weighted by Gasteiger charge is -2.37. The summed E-state index contributed by atoms with van der Waals surface area (Å²) in [7, 11) is 1.72. The number of aliphatic hydroxyl groups is 1. The molecule has 3 heteroatoms. The average Bonchev–Trinajstić information content (AvgIpc) is 2.02. The zero-order valence-corrected chi connectivity index (χ0v) is 8.68. The molecule has 13 heavy (non-hydrogen) atoms. The van der Waals surface area contributed by atoms with Crippen molar-refractivity contribution in [1.82, 2.24) is 5.32 Å². The molecule has 1 unspecified atom stereocenters. The molecular formula is C10H21NO2. The van der Waals surface area contributed by atoms with Gasteiger partial charge in [-0.1, -0.05) is 6.92 Å². The molecule has 0 heterocycles. The summed E-state index contributed by atoms with van der Waals surface area (Å²) in [6.45, 7) is 4.59. The Kier molecular flexibility index (Phi) is 4.16. The van der Waals surface area contributed by atoms with Crippen LogP contribution >= 0.6 is 0 Å². The Morgan fingerprint density at radius 3 is 2.69 bits per heavy atom. The number of hydrogen-bond acceptors (Lipinski definition) is 3. The molecule has 1 fully saturated rings. The molecule has 0 aliphatic heterocycles. The Morgan fingerprint density at radius 1 is 1.54 bits per heavy atom.